The van der Waals surface area contributed by atoms with Crippen LogP contribution in [0.1, 0.15) is 41.2 Å². The molecule has 2 N–H and O–H groups in total. The molecule has 0 aliphatic carbocycles. The maximum atomic E-state index is 12.8. The van der Waals surface area contributed by atoms with Gasteiger partial charge < -0.3 is 10.6 Å². The molecule has 2 aromatic heterocycles. The number of hydrogen-bond donors (Lipinski definition) is 2. The Hall–Kier alpha value is -3.06. The first-order chi connectivity index (χ1) is 14.4. The molecule has 1 aromatic carbocycles. The van der Waals surface area contributed by atoms with Gasteiger partial charge in [0.2, 0.25) is 5.91 Å². The number of amides is 2. The number of pyridine rings is 1. The molecule has 0 saturated carbocycles. The van der Waals surface area contributed by atoms with E-state index in [1.54, 1.807) is 18.5 Å². The normalized spacial score (nSPS) is 11.9. The maximum Gasteiger partial charge on any atom is 0.252 e. The molecule has 0 aliphatic rings. The summed E-state index contributed by atoms with van der Waals surface area (Å²) in [5, 5.41) is 8.59. The minimum atomic E-state index is -0.600. The third-order valence-corrected chi connectivity index (χ3v) is 5.51. The molecule has 0 aliphatic heterocycles. The number of nitrogens with one attached hydrogen (secondary N) is 2. The van der Waals surface area contributed by atoms with Crippen LogP contribution < -0.4 is 10.6 Å². The van der Waals surface area contributed by atoms with E-state index in [1.165, 1.54) is 11.3 Å². The lowest BCUT2D eigenvalue weighted by Gasteiger charge is -2.20. The van der Waals surface area contributed by atoms with E-state index in [-0.39, 0.29) is 17.7 Å². The minimum Gasteiger partial charge on any atom is -0.348 e. The van der Waals surface area contributed by atoms with Crippen molar-refractivity contribution in [3.63, 3.8) is 0 Å². The number of thiazole rings is 1. The fraction of sp³-hybridized carbons (Fsp3) is 0.304. The quantitative estimate of drug-likeness (QED) is 0.575. The summed E-state index contributed by atoms with van der Waals surface area (Å²) in [5.74, 6) is -0.175. The Labute approximate surface area is 180 Å². The summed E-state index contributed by atoms with van der Waals surface area (Å²) >= 11 is 1.49. The van der Waals surface area contributed by atoms with Crippen LogP contribution in [0.15, 0.2) is 54.2 Å². The predicted molar refractivity (Wildman–Crippen MR) is 119 cm³/mol. The van der Waals surface area contributed by atoms with Crippen LogP contribution in [0, 0.1) is 12.8 Å². The molecule has 2 heterocycles. The van der Waals surface area contributed by atoms with E-state index >= 15 is 0 Å². The SMILES string of the molecule is Cc1ccccc1C(=O)NC(CC(C)C)C(=O)NCc1nc(-c2ccncc2)cs1. The third kappa shape index (κ3) is 5.73. The molecule has 30 heavy (non-hydrogen) atoms. The standard InChI is InChI=1S/C23H26N4O2S/c1-15(2)12-19(27-22(28)18-7-5-4-6-16(18)3)23(29)25-13-21-26-20(14-30-21)17-8-10-24-11-9-17/h4-11,14-15,19H,12-13H2,1-3H3,(H,25,29)(H,27,28). The van der Waals surface area contributed by atoms with Crippen molar-refractivity contribution in [3.05, 3.63) is 70.3 Å². The molecule has 0 spiro atoms. The van der Waals surface area contributed by atoms with Crippen LogP contribution in [0.25, 0.3) is 11.3 Å². The van der Waals surface area contributed by atoms with Crippen LogP contribution in [0.2, 0.25) is 0 Å². The Morgan fingerprint density at radius 2 is 1.83 bits per heavy atom. The summed E-state index contributed by atoms with van der Waals surface area (Å²) in [6.07, 6.45) is 4.01. The summed E-state index contributed by atoms with van der Waals surface area (Å²) in [7, 11) is 0. The zero-order valence-electron chi connectivity index (χ0n) is 17.4. The first-order valence-electron chi connectivity index (χ1n) is 9.93. The van der Waals surface area contributed by atoms with Gasteiger partial charge in [-0.25, -0.2) is 4.98 Å². The van der Waals surface area contributed by atoms with Gasteiger partial charge in [-0.05, 0) is 43.0 Å². The zero-order chi connectivity index (χ0) is 21.5. The van der Waals surface area contributed by atoms with Gasteiger partial charge in [-0.15, -0.1) is 11.3 Å². The van der Waals surface area contributed by atoms with E-state index in [1.807, 2.05) is 56.5 Å². The van der Waals surface area contributed by atoms with Crippen LogP contribution >= 0.6 is 11.3 Å². The van der Waals surface area contributed by atoms with Crippen molar-refractivity contribution >= 4 is 23.2 Å². The molecule has 6 nitrogen and oxygen atoms in total. The Kier molecular flexibility index (Phi) is 7.30. The Morgan fingerprint density at radius 3 is 2.53 bits per heavy atom. The summed E-state index contributed by atoms with van der Waals surface area (Å²) in [4.78, 5) is 34.1. The molecular formula is C23H26N4O2S. The third-order valence-electron chi connectivity index (χ3n) is 4.66. The molecule has 2 amide bonds. The van der Waals surface area contributed by atoms with Gasteiger partial charge in [0, 0.05) is 28.9 Å². The summed E-state index contributed by atoms with van der Waals surface area (Å²) < 4.78 is 0. The maximum absolute atomic E-state index is 12.8. The van der Waals surface area contributed by atoms with E-state index in [0.717, 1.165) is 21.8 Å². The molecule has 3 rings (SSSR count). The minimum absolute atomic E-state index is 0.203. The van der Waals surface area contributed by atoms with Gasteiger partial charge in [0.15, 0.2) is 0 Å². The average Bonchev–Trinajstić information content (AvgIpc) is 3.21. The topological polar surface area (TPSA) is 84.0 Å². The van der Waals surface area contributed by atoms with Crippen molar-refractivity contribution in [3.8, 4) is 11.3 Å². The van der Waals surface area contributed by atoms with Crippen molar-refractivity contribution in [1.82, 2.24) is 20.6 Å². The smallest absolute Gasteiger partial charge is 0.252 e. The lowest BCUT2D eigenvalue weighted by atomic mass is 10.0. The van der Waals surface area contributed by atoms with E-state index in [2.05, 4.69) is 20.6 Å². The zero-order valence-corrected chi connectivity index (χ0v) is 18.2. The van der Waals surface area contributed by atoms with Gasteiger partial charge in [-0.1, -0.05) is 32.0 Å². The number of nitrogens with zero attached hydrogens (tertiary/aromatic N) is 2. The van der Waals surface area contributed by atoms with Gasteiger partial charge in [0.05, 0.1) is 12.2 Å². The largest absolute Gasteiger partial charge is 0.348 e. The first kappa shape index (κ1) is 21.6. The fourth-order valence-corrected chi connectivity index (χ4v) is 3.84. The summed E-state index contributed by atoms with van der Waals surface area (Å²) in [5.41, 5.74) is 3.31. The number of hydrogen-bond acceptors (Lipinski definition) is 5. The number of aromatic nitrogens is 2. The van der Waals surface area contributed by atoms with Crippen molar-refractivity contribution in [1.29, 1.82) is 0 Å². The molecule has 0 bridgehead atoms. The van der Waals surface area contributed by atoms with E-state index < -0.39 is 6.04 Å². The second-order valence-electron chi connectivity index (χ2n) is 7.55. The molecule has 0 fully saturated rings. The second kappa shape index (κ2) is 10.1. The predicted octanol–water partition coefficient (Wildman–Crippen LogP) is 3.97. The van der Waals surface area contributed by atoms with Gasteiger partial charge in [-0.3, -0.25) is 14.6 Å². The molecule has 0 radical (unpaired) electrons. The van der Waals surface area contributed by atoms with Gasteiger partial charge in [0.1, 0.15) is 11.0 Å². The number of carbonyl (C=O) groups is 2. The van der Waals surface area contributed by atoms with E-state index in [9.17, 15) is 9.59 Å². The van der Waals surface area contributed by atoms with Gasteiger partial charge in [-0.2, -0.15) is 0 Å². The Bertz CT molecular complexity index is 1000. The highest BCUT2D eigenvalue weighted by atomic mass is 32.1. The van der Waals surface area contributed by atoms with Gasteiger partial charge >= 0.3 is 0 Å². The summed E-state index contributed by atoms with van der Waals surface area (Å²) in [6.45, 7) is 6.27. The number of aryl methyl sites for hydroxylation is 1. The molecule has 1 atom stereocenters. The number of carbonyl (C=O) groups excluding carboxylic acids is 2. The second-order valence-corrected chi connectivity index (χ2v) is 8.49. The number of benzene rings is 1. The molecular weight excluding hydrogens is 396 g/mol. The fourth-order valence-electron chi connectivity index (χ4n) is 3.10. The summed E-state index contributed by atoms with van der Waals surface area (Å²) in [6, 6.07) is 10.6. The molecule has 0 saturated heterocycles. The monoisotopic (exact) mass is 422 g/mol. The van der Waals surface area contributed by atoms with Crippen molar-refractivity contribution in [2.75, 3.05) is 0 Å². The lowest BCUT2D eigenvalue weighted by Crippen LogP contribution is -2.47. The van der Waals surface area contributed by atoms with Crippen LogP contribution in [-0.4, -0.2) is 27.8 Å². The van der Waals surface area contributed by atoms with Crippen molar-refractivity contribution in [2.45, 2.75) is 39.8 Å². The number of rotatable bonds is 8. The molecule has 1 unspecified atom stereocenters. The Balaban J connectivity index is 1.63. The lowest BCUT2D eigenvalue weighted by molar-refractivity contribution is -0.123. The van der Waals surface area contributed by atoms with Gasteiger partial charge in [0.25, 0.3) is 5.91 Å². The molecule has 156 valence electrons. The van der Waals surface area contributed by atoms with Crippen molar-refractivity contribution in [2.24, 2.45) is 5.92 Å². The highest BCUT2D eigenvalue weighted by Crippen LogP contribution is 2.21. The first-order valence-corrected chi connectivity index (χ1v) is 10.8. The van der Waals surface area contributed by atoms with Crippen molar-refractivity contribution < 1.29 is 9.59 Å². The highest BCUT2D eigenvalue weighted by Gasteiger charge is 2.23. The molecule has 7 heteroatoms. The van der Waals surface area contributed by atoms with Crippen LogP contribution in [0.4, 0.5) is 0 Å². The van der Waals surface area contributed by atoms with E-state index in [4.69, 9.17) is 0 Å². The Morgan fingerprint density at radius 1 is 1.10 bits per heavy atom. The molecule has 3 aromatic rings. The van der Waals surface area contributed by atoms with E-state index in [0.29, 0.717) is 18.5 Å². The van der Waals surface area contributed by atoms with Crippen LogP contribution in [-0.2, 0) is 11.3 Å². The average molecular weight is 423 g/mol. The highest BCUT2D eigenvalue weighted by molar-refractivity contribution is 7.09. The van der Waals surface area contributed by atoms with Crippen LogP contribution in [0.5, 0.6) is 0 Å². The van der Waals surface area contributed by atoms with Crippen LogP contribution in [0.3, 0.4) is 0 Å².